The Bertz CT molecular complexity index is 791. The standard InChI is InChI=1S/C24H34N2O3/c1-16(2)17-6-5-7-18(10-17)19-8-9-24(13-19)14-26(15-24)21(27)20-11-23(3,12-20)25-22(28)29-4/h5-7,10,16,19-20H,8-9,11-15H2,1-4H3,(H,25,28). The second kappa shape index (κ2) is 7.33. The van der Waals surface area contributed by atoms with Crippen LogP contribution >= 0.6 is 0 Å². The van der Waals surface area contributed by atoms with Gasteiger partial charge in [-0.25, -0.2) is 4.79 Å². The van der Waals surface area contributed by atoms with Gasteiger partial charge in [-0.2, -0.15) is 0 Å². The first-order valence-corrected chi connectivity index (χ1v) is 11.0. The van der Waals surface area contributed by atoms with Crippen LogP contribution in [0, 0.1) is 11.3 Å². The Hall–Kier alpha value is -2.04. The first-order chi connectivity index (χ1) is 13.7. The molecule has 1 saturated heterocycles. The smallest absolute Gasteiger partial charge is 0.407 e. The van der Waals surface area contributed by atoms with Crippen molar-refractivity contribution in [2.75, 3.05) is 20.2 Å². The van der Waals surface area contributed by atoms with Gasteiger partial charge >= 0.3 is 6.09 Å². The van der Waals surface area contributed by atoms with E-state index in [2.05, 4.69) is 53.1 Å². The van der Waals surface area contributed by atoms with E-state index in [1.54, 1.807) is 0 Å². The predicted molar refractivity (Wildman–Crippen MR) is 113 cm³/mol. The molecule has 5 heteroatoms. The van der Waals surface area contributed by atoms with Crippen LogP contribution in [0.1, 0.15) is 75.8 Å². The summed E-state index contributed by atoms with van der Waals surface area (Å²) in [6.45, 7) is 8.29. The highest BCUT2D eigenvalue weighted by Gasteiger charge is 2.53. The number of nitrogens with one attached hydrogen (secondary N) is 1. The molecule has 1 aromatic carbocycles. The van der Waals surface area contributed by atoms with Crippen molar-refractivity contribution in [3.63, 3.8) is 0 Å². The van der Waals surface area contributed by atoms with Crippen LogP contribution in [0.25, 0.3) is 0 Å². The van der Waals surface area contributed by atoms with Crippen molar-refractivity contribution >= 4 is 12.0 Å². The van der Waals surface area contributed by atoms with Crippen molar-refractivity contribution in [1.82, 2.24) is 10.2 Å². The number of amides is 2. The van der Waals surface area contributed by atoms with Crippen molar-refractivity contribution in [3.05, 3.63) is 35.4 Å². The van der Waals surface area contributed by atoms with E-state index in [-0.39, 0.29) is 17.4 Å². The molecule has 1 aromatic rings. The van der Waals surface area contributed by atoms with Gasteiger partial charge in [-0.1, -0.05) is 38.1 Å². The highest BCUT2D eigenvalue weighted by Crippen LogP contribution is 2.53. The minimum absolute atomic E-state index is 0.0365. The Labute approximate surface area is 174 Å². The van der Waals surface area contributed by atoms with E-state index in [0.29, 0.717) is 30.1 Å². The fourth-order valence-corrected chi connectivity index (χ4v) is 5.73. The van der Waals surface area contributed by atoms with Gasteiger partial charge in [0, 0.05) is 30.0 Å². The van der Waals surface area contributed by atoms with E-state index >= 15 is 0 Å². The summed E-state index contributed by atoms with van der Waals surface area (Å²) in [4.78, 5) is 26.3. The van der Waals surface area contributed by atoms with Gasteiger partial charge in [-0.05, 0) is 62.0 Å². The molecule has 1 unspecified atom stereocenters. The molecule has 1 atom stereocenters. The molecule has 1 N–H and O–H groups in total. The zero-order valence-electron chi connectivity index (χ0n) is 18.2. The molecule has 29 heavy (non-hydrogen) atoms. The number of rotatable bonds is 4. The van der Waals surface area contributed by atoms with Crippen LogP contribution in [0.5, 0.6) is 0 Å². The highest BCUT2D eigenvalue weighted by molar-refractivity contribution is 5.82. The van der Waals surface area contributed by atoms with Gasteiger partial charge in [0.15, 0.2) is 0 Å². The van der Waals surface area contributed by atoms with Crippen molar-refractivity contribution in [1.29, 1.82) is 0 Å². The first kappa shape index (κ1) is 20.2. The van der Waals surface area contributed by atoms with Crippen molar-refractivity contribution < 1.29 is 14.3 Å². The summed E-state index contributed by atoms with van der Waals surface area (Å²) in [5.41, 5.74) is 2.91. The number of likely N-dealkylation sites (tertiary alicyclic amines) is 1. The largest absolute Gasteiger partial charge is 0.453 e. The van der Waals surface area contributed by atoms with Gasteiger partial charge in [-0.15, -0.1) is 0 Å². The SMILES string of the molecule is COC(=O)NC1(C)CC(C(=O)N2CC3(CCC(c4cccc(C(C)C)c4)C3)C2)C1. The van der Waals surface area contributed by atoms with E-state index in [1.165, 1.54) is 37.5 Å². The van der Waals surface area contributed by atoms with E-state index < -0.39 is 6.09 Å². The number of carbonyl (C=O) groups excluding carboxylic acids is 2. The number of nitrogens with zero attached hydrogens (tertiary/aromatic N) is 1. The lowest BCUT2D eigenvalue weighted by molar-refractivity contribution is -0.153. The normalized spacial score (nSPS) is 30.0. The molecule has 1 spiro atoms. The van der Waals surface area contributed by atoms with Gasteiger partial charge < -0.3 is 15.0 Å². The fraction of sp³-hybridized carbons (Fsp3) is 0.667. The molecule has 4 rings (SSSR count). The second-order valence-corrected chi connectivity index (χ2v) is 10.2. The quantitative estimate of drug-likeness (QED) is 0.816. The number of hydrogen-bond acceptors (Lipinski definition) is 3. The molecule has 0 aromatic heterocycles. The maximum absolute atomic E-state index is 12.8. The third-order valence-electron chi connectivity index (χ3n) is 7.45. The Balaban J connectivity index is 1.29. The first-order valence-electron chi connectivity index (χ1n) is 11.0. The molecule has 0 radical (unpaired) electrons. The highest BCUT2D eigenvalue weighted by atomic mass is 16.5. The molecule has 2 saturated carbocycles. The maximum atomic E-state index is 12.8. The third kappa shape index (κ3) is 3.88. The zero-order valence-corrected chi connectivity index (χ0v) is 18.2. The number of alkyl carbamates (subject to hydrolysis) is 1. The van der Waals surface area contributed by atoms with Crippen LogP contribution in [0.4, 0.5) is 4.79 Å². The van der Waals surface area contributed by atoms with Crippen LogP contribution in [-0.2, 0) is 9.53 Å². The molecule has 2 amide bonds. The molecular weight excluding hydrogens is 364 g/mol. The summed E-state index contributed by atoms with van der Waals surface area (Å²) in [7, 11) is 1.37. The van der Waals surface area contributed by atoms with Crippen LogP contribution < -0.4 is 5.32 Å². The van der Waals surface area contributed by atoms with Crippen molar-refractivity contribution in [2.45, 2.75) is 70.3 Å². The molecule has 2 aliphatic carbocycles. The van der Waals surface area contributed by atoms with Crippen molar-refractivity contribution in [2.24, 2.45) is 11.3 Å². The number of carbonyl (C=O) groups is 2. The Kier molecular flexibility index (Phi) is 5.12. The van der Waals surface area contributed by atoms with Gasteiger partial charge in [0.25, 0.3) is 0 Å². The molecule has 158 valence electrons. The number of hydrogen-bond donors (Lipinski definition) is 1. The molecule has 0 bridgehead atoms. The Morgan fingerprint density at radius 2 is 1.93 bits per heavy atom. The summed E-state index contributed by atoms with van der Waals surface area (Å²) in [6, 6.07) is 9.09. The van der Waals surface area contributed by atoms with E-state index in [0.717, 1.165) is 13.1 Å². The summed E-state index contributed by atoms with van der Waals surface area (Å²) in [5.74, 6) is 1.49. The molecular formula is C24H34N2O3. The molecule has 1 heterocycles. The summed E-state index contributed by atoms with van der Waals surface area (Å²) >= 11 is 0. The number of ether oxygens (including phenoxy) is 1. The maximum Gasteiger partial charge on any atom is 0.407 e. The Morgan fingerprint density at radius 3 is 2.59 bits per heavy atom. The molecule has 3 fully saturated rings. The lowest BCUT2D eigenvalue weighted by Gasteiger charge is -2.53. The van der Waals surface area contributed by atoms with E-state index in [4.69, 9.17) is 0 Å². The van der Waals surface area contributed by atoms with Crippen LogP contribution in [-0.4, -0.2) is 42.6 Å². The second-order valence-electron chi connectivity index (χ2n) is 10.2. The monoisotopic (exact) mass is 398 g/mol. The number of methoxy groups -OCH3 is 1. The molecule has 1 aliphatic heterocycles. The van der Waals surface area contributed by atoms with Gasteiger partial charge in [0.05, 0.1) is 7.11 Å². The minimum atomic E-state index is -0.417. The van der Waals surface area contributed by atoms with Gasteiger partial charge in [-0.3, -0.25) is 4.79 Å². The summed E-state index contributed by atoms with van der Waals surface area (Å²) < 4.78 is 4.68. The van der Waals surface area contributed by atoms with Crippen LogP contribution in [0.3, 0.4) is 0 Å². The number of benzene rings is 1. The summed E-state index contributed by atoms with van der Waals surface area (Å²) in [6.07, 6.45) is 4.64. The van der Waals surface area contributed by atoms with E-state index in [1.807, 2.05) is 6.92 Å². The fourth-order valence-electron chi connectivity index (χ4n) is 5.73. The molecule has 5 nitrogen and oxygen atoms in total. The summed E-state index contributed by atoms with van der Waals surface area (Å²) in [5, 5.41) is 2.86. The average Bonchev–Trinajstić information content (AvgIpc) is 3.10. The van der Waals surface area contributed by atoms with Crippen LogP contribution in [0.2, 0.25) is 0 Å². The molecule has 3 aliphatic rings. The minimum Gasteiger partial charge on any atom is -0.453 e. The predicted octanol–water partition coefficient (Wildman–Crippen LogP) is 4.43. The van der Waals surface area contributed by atoms with Crippen molar-refractivity contribution in [3.8, 4) is 0 Å². The average molecular weight is 399 g/mol. The van der Waals surface area contributed by atoms with Crippen LogP contribution in [0.15, 0.2) is 24.3 Å². The third-order valence-corrected chi connectivity index (χ3v) is 7.45. The lowest BCUT2D eigenvalue weighted by Crippen LogP contribution is -2.63. The Morgan fingerprint density at radius 1 is 1.21 bits per heavy atom. The van der Waals surface area contributed by atoms with Gasteiger partial charge in [0.2, 0.25) is 5.91 Å². The van der Waals surface area contributed by atoms with E-state index in [9.17, 15) is 9.59 Å². The zero-order chi connectivity index (χ0) is 20.8. The lowest BCUT2D eigenvalue weighted by atomic mass is 9.67. The topological polar surface area (TPSA) is 58.6 Å². The van der Waals surface area contributed by atoms with Gasteiger partial charge in [0.1, 0.15) is 0 Å².